The molecule has 1 aliphatic heterocycles. The average Bonchev–Trinajstić information content (AvgIpc) is 2.85. The van der Waals surface area contributed by atoms with Gasteiger partial charge in [-0.1, -0.05) is 20.8 Å². The van der Waals surface area contributed by atoms with Crippen LogP contribution >= 0.6 is 11.3 Å². The molecule has 4 nitrogen and oxygen atoms in total. The quantitative estimate of drug-likeness (QED) is 0.928. The van der Waals surface area contributed by atoms with Crippen molar-refractivity contribution < 1.29 is 4.79 Å². The number of piperidine rings is 1. The number of carbonyl (C=O) groups is 1. The van der Waals surface area contributed by atoms with Crippen molar-refractivity contribution in [1.82, 2.24) is 9.88 Å². The summed E-state index contributed by atoms with van der Waals surface area (Å²) in [5, 5.41) is 2.95. The molecule has 1 aliphatic rings. The molecule has 1 saturated heterocycles. The van der Waals surface area contributed by atoms with Crippen LogP contribution in [0.15, 0.2) is 5.38 Å². The van der Waals surface area contributed by atoms with Crippen LogP contribution in [0.4, 0.5) is 0 Å². The number of likely N-dealkylation sites (tertiary alicyclic amines) is 1. The van der Waals surface area contributed by atoms with E-state index in [1.54, 1.807) is 11.3 Å². The second-order valence-electron chi connectivity index (χ2n) is 6.24. The largest absolute Gasteiger partial charge is 0.333 e. The van der Waals surface area contributed by atoms with Gasteiger partial charge >= 0.3 is 0 Å². The lowest BCUT2D eigenvalue weighted by Gasteiger charge is -2.37. The zero-order chi connectivity index (χ0) is 14.7. The van der Waals surface area contributed by atoms with Crippen LogP contribution in [0.25, 0.3) is 0 Å². The van der Waals surface area contributed by atoms with Gasteiger partial charge in [-0.25, -0.2) is 4.98 Å². The molecule has 2 N–H and O–H groups in total. The summed E-state index contributed by atoms with van der Waals surface area (Å²) in [4.78, 5) is 19.0. The summed E-state index contributed by atoms with van der Waals surface area (Å²) in [6.45, 7) is 7.91. The highest BCUT2D eigenvalue weighted by Gasteiger charge is 2.30. The van der Waals surface area contributed by atoms with E-state index in [1.807, 2.05) is 10.3 Å². The van der Waals surface area contributed by atoms with Crippen molar-refractivity contribution >= 4 is 17.2 Å². The van der Waals surface area contributed by atoms with Crippen molar-refractivity contribution in [2.75, 3.05) is 13.1 Å². The van der Waals surface area contributed by atoms with E-state index in [1.165, 1.54) is 0 Å². The Morgan fingerprint density at radius 1 is 1.60 bits per heavy atom. The molecule has 20 heavy (non-hydrogen) atoms. The van der Waals surface area contributed by atoms with E-state index >= 15 is 0 Å². The lowest BCUT2D eigenvalue weighted by atomic mass is 9.92. The lowest BCUT2D eigenvalue weighted by Crippen LogP contribution is -2.49. The van der Waals surface area contributed by atoms with Gasteiger partial charge in [0.05, 0.1) is 5.01 Å². The smallest absolute Gasteiger partial charge is 0.273 e. The van der Waals surface area contributed by atoms with Gasteiger partial charge < -0.3 is 10.6 Å². The highest BCUT2D eigenvalue weighted by molar-refractivity contribution is 7.09. The predicted molar refractivity (Wildman–Crippen MR) is 82.9 cm³/mol. The summed E-state index contributed by atoms with van der Waals surface area (Å²) < 4.78 is 0. The number of nitrogens with zero attached hydrogens (tertiary/aromatic N) is 2. The first-order chi connectivity index (χ1) is 9.51. The van der Waals surface area contributed by atoms with Crippen LogP contribution in [0.3, 0.4) is 0 Å². The third-order valence-electron chi connectivity index (χ3n) is 3.86. The molecule has 1 aromatic rings. The monoisotopic (exact) mass is 295 g/mol. The minimum atomic E-state index is 0.0543. The zero-order valence-electron chi connectivity index (χ0n) is 12.6. The van der Waals surface area contributed by atoms with Gasteiger partial charge in [0.15, 0.2) is 0 Å². The molecule has 2 heterocycles. The fraction of sp³-hybridized carbons (Fsp3) is 0.733. The van der Waals surface area contributed by atoms with Crippen molar-refractivity contribution in [1.29, 1.82) is 0 Å². The Bertz CT molecular complexity index is 458. The molecule has 2 unspecified atom stereocenters. The molecule has 0 aliphatic carbocycles. The number of hydrogen-bond donors (Lipinski definition) is 1. The molecule has 0 saturated carbocycles. The normalized spacial score (nSPS) is 23.4. The van der Waals surface area contributed by atoms with E-state index < -0.39 is 0 Å². The Labute approximate surface area is 125 Å². The van der Waals surface area contributed by atoms with E-state index in [2.05, 4.69) is 25.8 Å². The Morgan fingerprint density at radius 3 is 3.00 bits per heavy atom. The number of nitrogens with two attached hydrogens (primary N) is 1. The Morgan fingerprint density at radius 2 is 2.35 bits per heavy atom. The molecular formula is C15H25N3OS. The molecule has 5 heteroatoms. The second-order valence-corrected chi connectivity index (χ2v) is 7.18. The summed E-state index contributed by atoms with van der Waals surface area (Å²) in [6.07, 6.45) is 3.01. The van der Waals surface area contributed by atoms with Crippen LogP contribution in [-0.4, -0.2) is 34.9 Å². The third-order valence-corrected chi connectivity index (χ3v) is 4.74. The van der Waals surface area contributed by atoms with Crippen molar-refractivity contribution in [3.63, 3.8) is 0 Å². The second kappa shape index (κ2) is 6.68. The molecule has 1 fully saturated rings. The molecule has 0 spiro atoms. The highest BCUT2D eigenvalue weighted by Crippen LogP contribution is 2.24. The fourth-order valence-corrected chi connectivity index (χ4v) is 3.72. The maximum absolute atomic E-state index is 12.6. The summed E-state index contributed by atoms with van der Waals surface area (Å²) in [5.41, 5.74) is 6.43. The van der Waals surface area contributed by atoms with Crippen molar-refractivity contribution in [3.05, 3.63) is 16.1 Å². The molecule has 2 rings (SSSR count). The van der Waals surface area contributed by atoms with E-state index in [4.69, 9.17) is 5.73 Å². The van der Waals surface area contributed by atoms with E-state index in [-0.39, 0.29) is 11.9 Å². The summed E-state index contributed by atoms with van der Waals surface area (Å²) in [5.74, 6) is 1.27. The van der Waals surface area contributed by atoms with E-state index in [0.29, 0.717) is 24.1 Å². The van der Waals surface area contributed by atoms with E-state index in [9.17, 15) is 4.79 Å². The maximum atomic E-state index is 12.6. The molecule has 0 aromatic carbocycles. The molecule has 0 bridgehead atoms. The number of rotatable bonds is 4. The van der Waals surface area contributed by atoms with Gasteiger partial charge in [0, 0.05) is 30.9 Å². The first kappa shape index (κ1) is 15.4. The van der Waals surface area contributed by atoms with Gasteiger partial charge in [0.25, 0.3) is 5.91 Å². The number of thiazole rings is 1. The van der Waals surface area contributed by atoms with Crippen LogP contribution in [0.1, 0.15) is 49.1 Å². The Balaban J connectivity index is 2.08. The molecule has 112 valence electrons. The minimum Gasteiger partial charge on any atom is -0.333 e. The number of carbonyl (C=O) groups excluding carboxylic acids is 1. The van der Waals surface area contributed by atoms with Gasteiger partial charge in [0.2, 0.25) is 0 Å². The molecular weight excluding hydrogens is 270 g/mol. The summed E-state index contributed by atoms with van der Waals surface area (Å²) in [6, 6.07) is 0.168. The molecule has 1 amide bonds. The topological polar surface area (TPSA) is 59.2 Å². The van der Waals surface area contributed by atoms with Crippen molar-refractivity contribution in [2.24, 2.45) is 17.6 Å². The standard InChI is InChI=1S/C15H25N3OS/c1-10(2)6-14-17-13(9-20-14)15(19)18-5-4-11(3)7-12(18)8-16/h9-12H,4-8,16H2,1-3H3. The zero-order valence-corrected chi connectivity index (χ0v) is 13.4. The van der Waals surface area contributed by atoms with Crippen molar-refractivity contribution in [2.45, 2.75) is 46.1 Å². The summed E-state index contributed by atoms with van der Waals surface area (Å²) >= 11 is 1.59. The number of hydrogen-bond acceptors (Lipinski definition) is 4. The molecule has 0 radical (unpaired) electrons. The van der Waals surface area contributed by atoms with Gasteiger partial charge in [-0.05, 0) is 24.7 Å². The van der Waals surface area contributed by atoms with Gasteiger partial charge in [0.1, 0.15) is 5.69 Å². The minimum absolute atomic E-state index is 0.0543. The van der Waals surface area contributed by atoms with E-state index in [0.717, 1.165) is 30.8 Å². The molecule has 1 aromatic heterocycles. The molecule has 2 atom stereocenters. The van der Waals surface area contributed by atoms with Gasteiger partial charge in [-0.2, -0.15) is 0 Å². The van der Waals surface area contributed by atoms with Gasteiger partial charge in [-0.15, -0.1) is 11.3 Å². The van der Waals surface area contributed by atoms with Crippen LogP contribution in [0, 0.1) is 11.8 Å². The van der Waals surface area contributed by atoms with Crippen LogP contribution < -0.4 is 5.73 Å². The number of aromatic nitrogens is 1. The Kier molecular flexibility index (Phi) is 5.16. The maximum Gasteiger partial charge on any atom is 0.273 e. The SMILES string of the molecule is CC(C)Cc1nc(C(=O)N2CCC(C)CC2CN)cs1. The highest BCUT2D eigenvalue weighted by atomic mass is 32.1. The average molecular weight is 295 g/mol. The Hall–Kier alpha value is -0.940. The van der Waals surface area contributed by atoms with Crippen LogP contribution in [0.2, 0.25) is 0 Å². The lowest BCUT2D eigenvalue weighted by molar-refractivity contribution is 0.0568. The van der Waals surface area contributed by atoms with Crippen molar-refractivity contribution in [3.8, 4) is 0 Å². The van der Waals surface area contributed by atoms with Crippen LogP contribution in [0.5, 0.6) is 0 Å². The predicted octanol–water partition coefficient (Wildman–Crippen LogP) is 2.54. The first-order valence-corrected chi connectivity index (χ1v) is 8.34. The first-order valence-electron chi connectivity index (χ1n) is 7.46. The third kappa shape index (κ3) is 3.58. The van der Waals surface area contributed by atoms with Gasteiger partial charge in [-0.3, -0.25) is 4.79 Å². The van der Waals surface area contributed by atoms with Crippen LogP contribution in [-0.2, 0) is 6.42 Å². The summed E-state index contributed by atoms with van der Waals surface area (Å²) in [7, 11) is 0. The fourth-order valence-electron chi connectivity index (χ4n) is 2.74. The number of amides is 1.